The Hall–Kier alpha value is -2.46. The molecule has 10 heteroatoms. The van der Waals surface area contributed by atoms with Gasteiger partial charge < -0.3 is 4.90 Å². The van der Waals surface area contributed by atoms with Gasteiger partial charge in [0.2, 0.25) is 10.0 Å². The predicted molar refractivity (Wildman–Crippen MR) is 96.7 cm³/mol. The number of Topliss-reactive ketones (excluding diaryl/α,β-unsaturated/α-hetero) is 1. The zero-order valence-electron chi connectivity index (χ0n) is 15.0. The van der Waals surface area contributed by atoms with Crippen molar-refractivity contribution in [2.24, 2.45) is 0 Å². The number of halogens is 3. The number of carbonyl (C=O) groups is 1. The number of ketones is 1. The molecule has 0 radical (unpaired) electrons. The summed E-state index contributed by atoms with van der Waals surface area (Å²) in [6.07, 6.45) is -3.68. The fourth-order valence-corrected chi connectivity index (χ4v) is 4.39. The molecule has 0 unspecified atom stereocenters. The zero-order chi connectivity index (χ0) is 20.5. The van der Waals surface area contributed by atoms with Crippen molar-refractivity contribution >= 4 is 21.6 Å². The van der Waals surface area contributed by atoms with E-state index in [1.54, 1.807) is 11.0 Å². The van der Waals surface area contributed by atoms with Gasteiger partial charge in [0, 0.05) is 37.9 Å². The number of hydrogen-bond donors (Lipinski definition) is 0. The van der Waals surface area contributed by atoms with Crippen molar-refractivity contribution in [1.82, 2.24) is 9.29 Å². The molecular weight excluding hydrogens is 395 g/mol. The molecule has 0 saturated carbocycles. The van der Waals surface area contributed by atoms with Crippen LogP contribution in [0.4, 0.5) is 19.0 Å². The number of anilines is 1. The Morgan fingerprint density at radius 1 is 1.07 bits per heavy atom. The minimum atomic E-state index is -4.45. The average molecular weight is 413 g/mol. The number of alkyl halides is 3. The molecule has 1 aliphatic heterocycles. The van der Waals surface area contributed by atoms with E-state index in [2.05, 4.69) is 4.98 Å². The molecule has 150 valence electrons. The molecule has 28 heavy (non-hydrogen) atoms. The second-order valence-electron chi connectivity index (χ2n) is 6.38. The number of pyridine rings is 1. The van der Waals surface area contributed by atoms with Crippen LogP contribution >= 0.6 is 0 Å². The zero-order valence-corrected chi connectivity index (χ0v) is 15.8. The summed E-state index contributed by atoms with van der Waals surface area (Å²) in [6, 6.07) is 8.09. The van der Waals surface area contributed by atoms with Crippen LogP contribution in [0.25, 0.3) is 0 Å². The second-order valence-corrected chi connectivity index (χ2v) is 8.32. The molecule has 0 bridgehead atoms. The van der Waals surface area contributed by atoms with Gasteiger partial charge in [-0.2, -0.15) is 17.5 Å². The molecule has 0 spiro atoms. The van der Waals surface area contributed by atoms with E-state index in [1.807, 2.05) is 0 Å². The predicted octanol–water partition coefficient (Wildman–Crippen LogP) is 2.81. The van der Waals surface area contributed by atoms with Crippen LogP contribution < -0.4 is 4.90 Å². The van der Waals surface area contributed by atoms with E-state index in [4.69, 9.17) is 0 Å². The third kappa shape index (κ3) is 4.17. The van der Waals surface area contributed by atoms with Crippen LogP contribution in [0, 0.1) is 0 Å². The minimum Gasteiger partial charge on any atom is -0.354 e. The van der Waals surface area contributed by atoms with Crippen LogP contribution in [-0.2, 0) is 16.2 Å². The van der Waals surface area contributed by atoms with Crippen molar-refractivity contribution < 1.29 is 26.4 Å². The summed E-state index contributed by atoms with van der Waals surface area (Å²) >= 11 is 0. The molecule has 0 amide bonds. The maximum atomic E-state index is 12.8. The highest BCUT2D eigenvalue weighted by Crippen LogP contribution is 2.29. The molecule has 2 aromatic rings. The van der Waals surface area contributed by atoms with Crippen LogP contribution in [0.3, 0.4) is 0 Å². The first-order valence-corrected chi connectivity index (χ1v) is 9.92. The summed E-state index contributed by atoms with van der Waals surface area (Å²) in [4.78, 5) is 17.1. The fraction of sp³-hybridized carbons (Fsp3) is 0.333. The van der Waals surface area contributed by atoms with Crippen molar-refractivity contribution in [1.29, 1.82) is 0 Å². The Morgan fingerprint density at radius 3 is 2.29 bits per heavy atom. The maximum absolute atomic E-state index is 12.8. The van der Waals surface area contributed by atoms with E-state index in [1.165, 1.54) is 35.5 Å². The minimum absolute atomic E-state index is 0.0429. The molecule has 1 aliphatic rings. The lowest BCUT2D eigenvalue weighted by Crippen LogP contribution is -2.48. The van der Waals surface area contributed by atoms with Gasteiger partial charge in [0.25, 0.3) is 0 Å². The topological polar surface area (TPSA) is 70.6 Å². The van der Waals surface area contributed by atoms with Crippen LogP contribution in [-0.4, -0.2) is 49.7 Å². The first-order valence-electron chi connectivity index (χ1n) is 8.48. The molecule has 1 fully saturated rings. The van der Waals surface area contributed by atoms with Crippen molar-refractivity contribution in [2.45, 2.75) is 18.0 Å². The van der Waals surface area contributed by atoms with Crippen LogP contribution in [0.5, 0.6) is 0 Å². The highest BCUT2D eigenvalue weighted by molar-refractivity contribution is 7.89. The number of aromatic nitrogens is 1. The van der Waals surface area contributed by atoms with Crippen molar-refractivity contribution in [3.8, 4) is 0 Å². The molecule has 0 atom stereocenters. The van der Waals surface area contributed by atoms with E-state index in [0.29, 0.717) is 24.5 Å². The molecule has 2 heterocycles. The SMILES string of the molecule is CC(=O)c1cccc(S(=O)(=O)N2CCN(c3ccc(C(F)(F)F)cn3)CC2)c1. The third-order valence-corrected chi connectivity index (χ3v) is 6.41. The normalized spacial score (nSPS) is 16.2. The summed E-state index contributed by atoms with van der Waals surface area (Å²) in [6.45, 7) is 2.28. The Balaban J connectivity index is 1.71. The average Bonchev–Trinajstić information content (AvgIpc) is 2.67. The smallest absolute Gasteiger partial charge is 0.354 e. The van der Waals surface area contributed by atoms with Crippen molar-refractivity contribution in [3.63, 3.8) is 0 Å². The van der Waals surface area contributed by atoms with Gasteiger partial charge in [-0.3, -0.25) is 4.79 Å². The first-order chi connectivity index (χ1) is 13.1. The molecule has 1 aromatic carbocycles. The third-order valence-electron chi connectivity index (χ3n) is 4.52. The van der Waals surface area contributed by atoms with E-state index < -0.39 is 21.8 Å². The molecule has 0 N–H and O–H groups in total. The van der Waals surface area contributed by atoms with E-state index in [9.17, 15) is 26.4 Å². The highest BCUT2D eigenvalue weighted by Gasteiger charge is 2.32. The monoisotopic (exact) mass is 413 g/mol. The molecule has 3 rings (SSSR count). The van der Waals surface area contributed by atoms with E-state index >= 15 is 0 Å². The molecule has 6 nitrogen and oxygen atoms in total. The lowest BCUT2D eigenvalue weighted by atomic mass is 10.2. The van der Waals surface area contributed by atoms with Crippen LogP contribution in [0.1, 0.15) is 22.8 Å². The maximum Gasteiger partial charge on any atom is 0.417 e. The molecule has 1 saturated heterocycles. The van der Waals surface area contributed by atoms with Gasteiger partial charge in [-0.15, -0.1) is 0 Å². The highest BCUT2D eigenvalue weighted by atomic mass is 32.2. The Bertz CT molecular complexity index is 968. The van der Waals surface area contributed by atoms with E-state index in [-0.39, 0.29) is 23.8 Å². The van der Waals surface area contributed by atoms with Gasteiger partial charge in [-0.05, 0) is 31.2 Å². The second kappa shape index (κ2) is 7.51. The Labute approximate surface area is 160 Å². The Kier molecular flexibility index (Phi) is 5.44. The van der Waals surface area contributed by atoms with Crippen LogP contribution in [0.2, 0.25) is 0 Å². The van der Waals surface area contributed by atoms with Crippen molar-refractivity contribution in [2.75, 3.05) is 31.1 Å². The van der Waals surface area contributed by atoms with Gasteiger partial charge in [-0.25, -0.2) is 13.4 Å². The molecule has 1 aromatic heterocycles. The van der Waals surface area contributed by atoms with Crippen molar-refractivity contribution in [3.05, 3.63) is 53.7 Å². The van der Waals surface area contributed by atoms with Gasteiger partial charge in [0.15, 0.2) is 5.78 Å². The number of hydrogen-bond acceptors (Lipinski definition) is 5. The largest absolute Gasteiger partial charge is 0.417 e. The first kappa shape index (κ1) is 20.3. The fourth-order valence-electron chi connectivity index (χ4n) is 2.92. The van der Waals surface area contributed by atoms with Gasteiger partial charge in [-0.1, -0.05) is 12.1 Å². The summed E-state index contributed by atoms with van der Waals surface area (Å²) in [5.74, 6) is 0.138. The standard InChI is InChI=1S/C18H18F3N3O3S/c1-13(25)14-3-2-4-16(11-14)28(26,27)24-9-7-23(8-10-24)17-6-5-15(12-22-17)18(19,20)21/h2-6,11-12H,7-10H2,1H3. The van der Waals surface area contributed by atoms with E-state index in [0.717, 1.165) is 12.3 Å². The number of carbonyl (C=O) groups excluding carboxylic acids is 1. The molecular formula is C18H18F3N3O3S. The number of sulfonamides is 1. The molecule has 0 aliphatic carbocycles. The van der Waals surface area contributed by atoms with Gasteiger partial charge in [0.1, 0.15) is 5.82 Å². The number of benzene rings is 1. The summed E-state index contributed by atoms with van der Waals surface area (Å²) in [5.41, 5.74) is -0.517. The lowest BCUT2D eigenvalue weighted by molar-refractivity contribution is -0.137. The lowest BCUT2D eigenvalue weighted by Gasteiger charge is -2.34. The summed E-state index contributed by atoms with van der Waals surface area (Å²) in [5, 5.41) is 0. The number of nitrogens with zero attached hydrogens (tertiary/aromatic N) is 3. The number of piperazine rings is 1. The van der Waals surface area contributed by atoms with Gasteiger partial charge >= 0.3 is 6.18 Å². The quantitative estimate of drug-likeness (QED) is 0.721. The Morgan fingerprint density at radius 2 is 1.75 bits per heavy atom. The summed E-state index contributed by atoms with van der Waals surface area (Å²) in [7, 11) is -3.76. The summed E-state index contributed by atoms with van der Waals surface area (Å²) < 4.78 is 64.8. The van der Waals surface area contributed by atoms with Gasteiger partial charge in [0.05, 0.1) is 10.5 Å². The van der Waals surface area contributed by atoms with Crippen LogP contribution in [0.15, 0.2) is 47.5 Å². The number of rotatable bonds is 4.